The van der Waals surface area contributed by atoms with Crippen molar-refractivity contribution in [1.82, 2.24) is 25.5 Å². The van der Waals surface area contributed by atoms with Gasteiger partial charge >= 0.3 is 0 Å². The molecule has 0 aliphatic heterocycles. The molecular formula is C19H14N6O. The summed E-state index contributed by atoms with van der Waals surface area (Å²) in [5.74, 6) is -0.425. The van der Waals surface area contributed by atoms with Gasteiger partial charge in [-0.2, -0.15) is 10.4 Å². The highest BCUT2D eigenvalue weighted by atomic mass is 16.1. The van der Waals surface area contributed by atoms with Gasteiger partial charge in [0.2, 0.25) is 0 Å². The van der Waals surface area contributed by atoms with Gasteiger partial charge in [0, 0.05) is 35.3 Å². The molecule has 0 unspecified atom stereocenters. The van der Waals surface area contributed by atoms with Crippen molar-refractivity contribution in [2.45, 2.75) is 6.54 Å². The number of nitrogens with one attached hydrogen (secondary N) is 3. The maximum Gasteiger partial charge on any atom is 0.262 e. The van der Waals surface area contributed by atoms with E-state index in [9.17, 15) is 10.1 Å². The molecule has 3 N–H and O–H groups in total. The molecule has 3 aromatic heterocycles. The van der Waals surface area contributed by atoms with Crippen LogP contribution in [0.1, 0.15) is 11.1 Å². The van der Waals surface area contributed by atoms with Crippen molar-refractivity contribution in [3.05, 3.63) is 65.6 Å². The van der Waals surface area contributed by atoms with Gasteiger partial charge < -0.3 is 10.3 Å². The van der Waals surface area contributed by atoms with Crippen LogP contribution in [-0.2, 0) is 11.3 Å². The van der Waals surface area contributed by atoms with Crippen LogP contribution >= 0.6 is 0 Å². The van der Waals surface area contributed by atoms with Gasteiger partial charge in [-0.05, 0) is 29.8 Å². The van der Waals surface area contributed by atoms with Gasteiger partial charge in [0.25, 0.3) is 5.91 Å². The molecule has 4 rings (SSSR count). The van der Waals surface area contributed by atoms with E-state index in [2.05, 4.69) is 25.5 Å². The molecule has 26 heavy (non-hydrogen) atoms. The Hall–Kier alpha value is -3.92. The van der Waals surface area contributed by atoms with Crippen molar-refractivity contribution in [2.75, 3.05) is 0 Å². The predicted octanol–water partition coefficient (Wildman–Crippen LogP) is 2.66. The number of aromatic amines is 2. The van der Waals surface area contributed by atoms with Gasteiger partial charge in [0.05, 0.1) is 11.7 Å². The fraction of sp³-hybridized carbons (Fsp3) is 0.0526. The Labute approximate surface area is 148 Å². The van der Waals surface area contributed by atoms with Crippen LogP contribution in [0.25, 0.3) is 28.0 Å². The number of benzene rings is 1. The zero-order valence-electron chi connectivity index (χ0n) is 13.7. The van der Waals surface area contributed by atoms with Gasteiger partial charge in [-0.1, -0.05) is 12.1 Å². The van der Waals surface area contributed by atoms with Crippen LogP contribution in [0.5, 0.6) is 0 Å². The number of carbonyl (C=O) groups excluding carboxylic acids is 1. The molecule has 0 atom stereocenters. The summed E-state index contributed by atoms with van der Waals surface area (Å²) in [5, 5.41) is 20.9. The van der Waals surface area contributed by atoms with E-state index in [1.165, 1.54) is 0 Å². The molecule has 0 spiro atoms. The molecule has 0 radical (unpaired) electrons. The summed E-state index contributed by atoms with van der Waals surface area (Å²) in [7, 11) is 0. The molecule has 0 bridgehead atoms. The summed E-state index contributed by atoms with van der Waals surface area (Å²) < 4.78 is 0. The average molecular weight is 342 g/mol. The number of nitriles is 1. The van der Waals surface area contributed by atoms with Crippen molar-refractivity contribution >= 4 is 33.9 Å². The second-order valence-electron chi connectivity index (χ2n) is 5.74. The monoisotopic (exact) mass is 342 g/mol. The van der Waals surface area contributed by atoms with Crippen LogP contribution in [0, 0.1) is 11.3 Å². The van der Waals surface area contributed by atoms with Crippen LogP contribution in [-0.4, -0.2) is 26.1 Å². The fourth-order valence-electron chi connectivity index (χ4n) is 2.85. The van der Waals surface area contributed by atoms with E-state index in [4.69, 9.17) is 0 Å². The summed E-state index contributed by atoms with van der Waals surface area (Å²) in [5.41, 5.74) is 3.33. The summed E-state index contributed by atoms with van der Waals surface area (Å²) in [6.45, 7) is 0.310. The molecule has 1 aromatic carbocycles. The summed E-state index contributed by atoms with van der Waals surface area (Å²) in [6.07, 6.45) is 6.69. The minimum Gasteiger partial charge on any atom is -0.347 e. The Morgan fingerprint density at radius 1 is 1.27 bits per heavy atom. The van der Waals surface area contributed by atoms with Crippen molar-refractivity contribution < 1.29 is 4.79 Å². The smallest absolute Gasteiger partial charge is 0.262 e. The lowest BCUT2D eigenvalue weighted by molar-refractivity contribution is -0.117. The Balaban J connectivity index is 1.56. The molecule has 7 heteroatoms. The number of fused-ring (bicyclic) bond motifs is 2. The topological polar surface area (TPSA) is 110 Å². The molecule has 1 amide bonds. The SMILES string of the molecule is N#C/C(=C\c1c[nH]c2ncccc12)C(=O)NCc1cccc2[nH]ncc12. The van der Waals surface area contributed by atoms with Crippen molar-refractivity contribution in [2.24, 2.45) is 0 Å². The van der Waals surface area contributed by atoms with Crippen LogP contribution in [0.15, 0.2) is 54.5 Å². The van der Waals surface area contributed by atoms with E-state index in [0.29, 0.717) is 12.2 Å². The van der Waals surface area contributed by atoms with E-state index in [1.54, 1.807) is 24.7 Å². The Bertz CT molecular complexity index is 1180. The van der Waals surface area contributed by atoms with Crippen LogP contribution < -0.4 is 5.32 Å². The van der Waals surface area contributed by atoms with Crippen LogP contribution in [0.2, 0.25) is 0 Å². The van der Waals surface area contributed by atoms with Crippen molar-refractivity contribution in [3.8, 4) is 6.07 Å². The third-order valence-corrected chi connectivity index (χ3v) is 4.16. The zero-order chi connectivity index (χ0) is 17.9. The number of hydrogen-bond acceptors (Lipinski definition) is 4. The number of carbonyl (C=O) groups is 1. The first-order valence-corrected chi connectivity index (χ1v) is 7.99. The van der Waals surface area contributed by atoms with E-state index in [-0.39, 0.29) is 5.57 Å². The third-order valence-electron chi connectivity index (χ3n) is 4.16. The number of rotatable bonds is 4. The minimum absolute atomic E-state index is 0.0362. The van der Waals surface area contributed by atoms with E-state index in [1.807, 2.05) is 36.4 Å². The van der Waals surface area contributed by atoms with E-state index >= 15 is 0 Å². The van der Waals surface area contributed by atoms with Gasteiger partial charge in [0.1, 0.15) is 17.3 Å². The summed E-state index contributed by atoms with van der Waals surface area (Å²) >= 11 is 0. The molecule has 0 fully saturated rings. The molecular weight excluding hydrogens is 328 g/mol. The maximum atomic E-state index is 12.4. The second-order valence-corrected chi connectivity index (χ2v) is 5.74. The molecule has 4 aromatic rings. The van der Waals surface area contributed by atoms with Crippen molar-refractivity contribution in [3.63, 3.8) is 0 Å². The maximum absolute atomic E-state index is 12.4. The highest BCUT2D eigenvalue weighted by molar-refractivity contribution is 6.03. The number of nitrogens with zero attached hydrogens (tertiary/aromatic N) is 3. The Morgan fingerprint density at radius 2 is 2.19 bits per heavy atom. The normalized spacial score (nSPS) is 11.6. The first-order chi connectivity index (χ1) is 12.8. The molecule has 126 valence electrons. The standard InChI is InChI=1S/C19H14N6O/c20-8-13(7-14-10-22-18-15(14)4-2-6-21-18)19(26)23-9-12-3-1-5-17-16(12)11-24-25-17/h1-7,10-11H,9H2,(H,21,22)(H,23,26)(H,24,25)/b13-7+. The zero-order valence-corrected chi connectivity index (χ0v) is 13.7. The number of pyridine rings is 1. The van der Waals surface area contributed by atoms with Gasteiger partial charge in [-0.25, -0.2) is 4.98 Å². The molecule has 0 aliphatic carbocycles. The average Bonchev–Trinajstić information content (AvgIpc) is 3.31. The number of aromatic nitrogens is 4. The molecule has 0 aliphatic rings. The van der Waals surface area contributed by atoms with Crippen LogP contribution in [0.4, 0.5) is 0 Å². The lowest BCUT2D eigenvalue weighted by Gasteiger charge is -2.05. The number of H-pyrrole nitrogens is 2. The predicted molar refractivity (Wildman–Crippen MR) is 97.6 cm³/mol. The molecule has 7 nitrogen and oxygen atoms in total. The Kier molecular flexibility index (Phi) is 3.92. The minimum atomic E-state index is -0.425. The number of amides is 1. The molecule has 3 heterocycles. The largest absolute Gasteiger partial charge is 0.347 e. The first-order valence-electron chi connectivity index (χ1n) is 7.99. The van der Waals surface area contributed by atoms with E-state index < -0.39 is 5.91 Å². The number of hydrogen-bond donors (Lipinski definition) is 3. The third kappa shape index (κ3) is 2.80. The lowest BCUT2D eigenvalue weighted by Crippen LogP contribution is -2.24. The quantitative estimate of drug-likeness (QED) is 0.391. The molecule has 0 saturated heterocycles. The summed E-state index contributed by atoms with van der Waals surface area (Å²) in [4.78, 5) is 19.7. The van der Waals surface area contributed by atoms with Crippen molar-refractivity contribution in [1.29, 1.82) is 5.26 Å². The fourth-order valence-corrected chi connectivity index (χ4v) is 2.85. The Morgan fingerprint density at radius 3 is 3.08 bits per heavy atom. The highest BCUT2D eigenvalue weighted by Gasteiger charge is 2.12. The van der Waals surface area contributed by atoms with Gasteiger partial charge in [0.15, 0.2) is 0 Å². The van der Waals surface area contributed by atoms with Crippen LogP contribution in [0.3, 0.4) is 0 Å². The first kappa shape index (κ1) is 15.6. The lowest BCUT2D eigenvalue weighted by atomic mass is 10.1. The van der Waals surface area contributed by atoms with E-state index in [0.717, 1.165) is 27.4 Å². The molecule has 0 saturated carbocycles. The van der Waals surface area contributed by atoms with Gasteiger partial charge in [-0.15, -0.1) is 0 Å². The summed E-state index contributed by atoms with van der Waals surface area (Å²) in [6, 6.07) is 11.4. The highest BCUT2D eigenvalue weighted by Crippen LogP contribution is 2.19. The van der Waals surface area contributed by atoms with Gasteiger partial charge in [-0.3, -0.25) is 9.89 Å². The second kappa shape index (κ2) is 6.53.